The van der Waals surface area contributed by atoms with Crippen LogP contribution >= 0.6 is 0 Å². The number of hydrazine groups is 1. The van der Waals surface area contributed by atoms with E-state index in [9.17, 15) is 0 Å². The van der Waals surface area contributed by atoms with Gasteiger partial charge in [0.2, 0.25) is 0 Å². The molecule has 18 heavy (non-hydrogen) atoms. The third-order valence-electron chi connectivity index (χ3n) is 3.95. The van der Waals surface area contributed by atoms with Gasteiger partial charge in [0, 0.05) is 12.5 Å². The van der Waals surface area contributed by atoms with Crippen LogP contribution in [-0.4, -0.2) is 13.2 Å². The van der Waals surface area contributed by atoms with E-state index in [4.69, 9.17) is 15.3 Å². The Morgan fingerprint density at radius 3 is 2.89 bits per heavy atom. The van der Waals surface area contributed by atoms with Crippen LogP contribution in [0.4, 0.5) is 0 Å². The number of fused-ring (bicyclic) bond motifs is 1. The van der Waals surface area contributed by atoms with Crippen LogP contribution in [0, 0.1) is 5.92 Å². The Morgan fingerprint density at radius 2 is 2.11 bits per heavy atom. The Balaban J connectivity index is 1.82. The van der Waals surface area contributed by atoms with E-state index < -0.39 is 0 Å². The number of nitrogens with one attached hydrogen (secondary N) is 1. The molecule has 0 aliphatic carbocycles. The third-order valence-corrected chi connectivity index (χ3v) is 3.95. The standard InChI is InChI=1S/C14H20N2O2/c15-16-14(12-2-1-5-17-8-12)10-3-4-11-7-18-9-13(11)6-10/h3-4,6,12,14,16H,1-2,5,7-9,15H2. The maximum Gasteiger partial charge on any atom is 0.0725 e. The highest BCUT2D eigenvalue weighted by Gasteiger charge is 2.25. The number of nitrogens with two attached hydrogens (primary N) is 1. The first kappa shape index (κ1) is 12.1. The van der Waals surface area contributed by atoms with Crippen LogP contribution in [0.25, 0.3) is 0 Å². The highest BCUT2D eigenvalue weighted by molar-refractivity contribution is 5.34. The lowest BCUT2D eigenvalue weighted by Gasteiger charge is -2.30. The molecular formula is C14H20N2O2. The van der Waals surface area contributed by atoms with Gasteiger partial charge in [-0.3, -0.25) is 11.3 Å². The Labute approximate surface area is 107 Å². The summed E-state index contributed by atoms with van der Waals surface area (Å²) in [6.07, 6.45) is 2.29. The van der Waals surface area contributed by atoms with Crippen molar-refractivity contribution in [3.8, 4) is 0 Å². The molecule has 0 bridgehead atoms. The van der Waals surface area contributed by atoms with Gasteiger partial charge in [0.25, 0.3) is 0 Å². The van der Waals surface area contributed by atoms with Gasteiger partial charge in [0.15, 0.2) is 0 Å². The quantitative estimate of drug-likeness (QED) is 0.631. The van der Waals surface area contributed by atoms with E-state index in [1.165, 1.54) is 23.1 Å². The van der Waals surface area contributed by atoms with Gasteiger partial charge in [-0.1, -0.05) is 18.2 Å². The van der Waals surface area contributed by atoms with Crippen molar-refractivity contribution in [3.63, 3.8) is 0 Å². The van der Waals surface area contributed by atoms with Gasteiger partial charge >= 0.3 is 0 Å². The molecule has 3 rings (SSSR count). The van der Waals surface area contributed by atoms with Gasteiger partial charge in [-0.05, 0) is 29.5 Å². The lowest BCUT2D eigenvalue weighted by molar-refractivity contribution is 0.0390. The summed E-state index contributed by atoms with van der Waals surface area (Å²) in [6, 6.07) is 6.72. The molecule has 2 aliphatic heterocycles. The van der Waals surface area contributed by atoms with Crippen LogP contribution in [-0.2, 0) is 22.7 Å². The Bertz CT molecular complexity index is 416. The second-order valence-corrected chi connectivity index (χ2v) is 5.14. The molecule has 1 aromatic carbocycles. The highest BCUT2D eigenvalue weighted by Crippen LogP contribution is 2.31. The molecule has 1 fully saturated rings. The van der Waals surface area contributed by atoms with Crippen LogP contribution in [0.5, 0.6) is 0 Å². The molecule has 0 saturated carbocycles. The molecule has 4 nitrogen and oxygen atoms in total. The number of hydrogen-bond acceptors (Lipinski definition) is 4. The Morgan fingerprint density at radius 1 is 1.22 bits per heavy atom. The van der Waals surface area contributed by atoms with Crippen LogP contribution in [0.3, 0.4) is 0 Å². The van der Waals surface area contributed by atoms with Crippen molar-refractivity contribution in [2.75, 3.05) is 13.2 Å². The van der Waals surface area contributed by atoms with Crippen molar-refractivity contribution in [1.82, 2.24) is 5.43 Å². The number of ether oxygens (including phenoxy) is 2. The maximum absolute atomic E-state index is 5.74. The lowest BCUT2D eigenvalue weighted by Crippen LogP contribution is -2.37. The number of rotatable bonds is 3. The van der Waals surface area contributed by atoms with E-state index in [1.54, 1.807) is 0 Å². The average molecular weight is 248 g/mol. The molecule has 98 valence electrons. The molecule has 0 spiro atoms. The summed E-state index contributed by atoms with van der Waals surface area (Å²) >= 11 is 0. The third kappa shape index (κ3) is 2.29. The van der Waals surface area contributed by atoms with Crippen LogP contribution in [0.15, 0.2) is 18.2 Å². The van der Waals surface area contributed by atoms with Crippen molar-refractivity contribution in [2.45, 2.75) is 32.1 Å². The van der Waals surface area contributed by atoms with Crippen molar-refractivity contribution in [1.29, 1.82) is 0 Å². The smallest absolute Gasteiger partial charge is 0.0725 e. The van der Waals surface area contributed by atoms with Gasteiger partial charge in [-0.25, -0.2) is 0 Å². The molecule has 3 N–H and O–H groups in total. The van der Waals surface area contributed by atoms with Crippen molar-refractivity contribution < 1.29 is 9.47 Å². The zero-order valence-corrected chi connectivity index (χ0v) is 10.5. The van der Waals surface area contributed by atoms with Crippen molar-refractivity contribution >= 4 is 0 Å². The maximum atomic E-state index is 5.74. The molecule has 2 unspecified atom stereocenters. The van der Waals surface area contributed by atoms with E-state index in [-0.39, 0.29) is 6.04 Å². The molecule has 4 heteroatoms. The fourth-order valence-corrected chi connectivity index (χ4v) is 2.92. The highest BCUT2D eigenvalue weighted by atomic mass is 16.5. The van der Waals surface area contributed by atoms with Gasteiger partial charge in [0.05, 0.1) is 25.9 Å². The van der Waals surface area contributed by atoms with Crippen LogP contribution < -0.4 is 11.3 Å². The van der Waals surface area contributed by atoms with E-state index in [0.717, 1.165) is 32.8 Å². The molecule has 1 aromatic rings. The first-order chi connectivity index (χ1) is 8.88. The van der Waals surface area contributed by atoms with Gasteiger partial charge in [-0.2, -0.15) is 0 Å². The predicted molar refractivity (Wildman–Crippen MR) is 68.5 cm³/mol. The number of benzene rings is 1. The average Bonchev–Trinajstić information content (AvgIpc) is 2.88. The van der Waals surface area contributed by atoms with Crippen molar-refractivity contribution in [2.24, 2.45) is 11.8 Å². The molecule has 2 heterocycles. The fraction of sp³-hybridized carbons (Fsp3) is 0.571. The zero-order valence-electron chi connectivity index (χ0n) is 10.5. The summed E-state index contributed by atoms with van der Waals surface area (Å²) in [5.41, 5.74) is 6.80. The second-order valence-electron chi connectivity index (χ2n) is 5.14. The summed E-state index contributed by atoms with van der Waals surface area (Å²) in [5, 5.41) is 0. The lowest BCUT2D eigenvalue weighted by atomic mass is 9.88. The molecule has 2 atom stereocenters. The normalized spacial score (nSPS) is 24.8. The van der Waals surface area contributed by atoms with E-state index in [2.05, 4.69) is 23.6 Å². The monoisotopic (exact) mass is 248 g/mol. The van der Waals surface area contributed by atoms with E-state index in [0.29, 0.717) is 5.92 Å². The van der Waals surface area contributed by atoms with E-state index >= 15 is 0 Å². The summed E-state index contributed by atoms with van der Waals surface area (Å²) < 4.78 is 11.0. The first-order valence-electron chi connectivity index (χ1n) is 6.62. The molecular weight excluding hydrogens is 228 g/mol. The summed E-state index contributed by atoms with van der Waals surface area (Å²) in [6.45, 7) is 3.14. The molecule has 0 radical (unpaired) electrons. The Hall–Kier alpha value is -0.940. The van der Waals surface area contributed by atoms with Crippen molar-refractivity contribution in [3.05, 3.63) is 34.9 Å². The first-order valence-corrected chi connectivity index (χ1v) is 6.62. The van der Waals surface area contributed by atoms with Crippen LogP contribution in [0.2, 0.25) is 0 Å². The number of hydrogen-bond donors (Lipinski definition) is 2. The molecule has 1 saturated heterocycles. The fourth-order valence-electron chi connectivity index (χ4n) is 2.92. The zero-order chi connectivity index (χ0) is 12.4. The van der Waals surface area contributed by atoms with Gasteiger partial charge in [-0.15, -0.1) is 0 Å². The summed E-state index contributed by atoms with van der Waals surface area (Å²) in [7, 11) is 0. The molecule has 0 amide bonds. The Kier molecular flexibility index (Phi) is 3.61. The van der Waals surface area contributed by atoms with Gasteiger partial charge < -0.3 is 9.47 Å². The minimum atomic E-state index is 0.177. The molecule has 0 aromatic heterocycles. The van der Waals surface area contributed by atoms with Crippen LogP contribution in [0.1, 0.15) is 35.6 Å². The predicted octanol–water partition coefficient (Wildman–Crippen LogP) is 1.65. The SMILES string of the molecule is NNC(c1ccc2c(c1)COC2)C1CCCOC1. The minimum absolute atomic E-state index is 0.177. The molecule has 2 aliphatic rings. The summed E-state index contributed by atoms with van der Waals surface area (Å²) in [4.78, 5) is 0. The summed E-state index contributed by atoms with van der Waals surface area (Å²) in [5.74, 6) is 6.21. The van der Waals surface area contributed by atoms with E-state index in [1.807, 2.05) is 0 Å². The second kappa shape index (κ2) is 5.36. The largest absolute Gasteiger partial charge is 0.381 e. The topological polar surface area (TPSA) is 56.5 Å². The minimum Gasteiger partial charge on any atom is -0.381 e. The van der Waals surface area contributed by atoms with Gasteiger partial charge in [0.1, 0.15) is 0 Å².